The van der Waals surface area contributed by atoms with E-state index in [0.717, 1.165) is 25.9 Å². The number of nitrogens with zero attached hydrogens (tertiary/aromatic N) is 1. The molecular formula is C14H31N3O. The van der Waals surface area contributed by atoms with Crippen molar-refractivity contribution >= 4 is 5.91 Å². The SMILES string of the molecule is CC(C)C(N)CC(=O)NCCCCN(C)C(C)C. The Labute approximate surface area is 112 Å². The van der Waals surface area contributed by atoms with E-state index in [4.69, 9.17) is 5.73 Å². The molecule has 0 bridgehead atoms. The van der Waals surface area contributed by atoms with Gasteiger partial charge in [0.05, 0.1) is 0 Å². The zero-order chi connectivity index (χ0) is 14.1. The van der Waals surface area contributed by atoms with E-state index in [2.05, 4.69) is 31.1 Å². The number of carbonyl (C=O) groups is 1. The second-order valence-electron chi connectivity index (χ2n) is 5.74. The molecule has 1 unspecified atom stereocenters. The van der Waals surface area contributed by atoms with Gasteiger partial charge < -0.3 is 16.0 Å². The average Bonchev–Trinajstić information content (AvgIpc) is 2.27. The highest BCUT2D eigenvalue weighted by Crippen LogP contribution is 2.02. The van der Waals surface area contributed by atoms with Crippen LogP contribution in [0.3, 0.4) is 0 Å². The number of carbonyl (C=O) groups excluding carboxylic acids is 1. The van der Waals surface area contributed by atoms with Gasteiger partial charge >= 0.3 is 0 Å². The second-order valence-corrected chi connectivity index (χ2v) is 5.74. The quantitative estimate of drug-likeness (QED) is 0.617. The molecule has 108 valence electrons. The van der Waals surface area contributed by atoms with Crippen LogP contribution in [0.4, 0.5) is 0 Å². The molecule has 0 aromatic rings. The average molecular weight is 257 g/mol. The predicted octanol–water partition coefficient (Wildman–Crippen LogP) is 1.60. The number of hydrogen-bond donors (Lipinski definition) is 2. The third kappa shape index (κ3) is 8.48. The van der Waals surface area contributed by atoms with Gasteiger partial charge in [-0.3, -0.25) is 4.79 Å². The number of hydrogen-bond acceptors (Lipinski definition) is 3. The number of nitrogens with one attached hydrogen (secondary N) is 1. The summed E-state index contributed by atoms with van der Waals surface area (Å²) >= 11 is 0. The van der Waals surface area contributed by atoms with E-state index in [1.165, 1.54) is 0 Å². The summed E-state index contributed by atoms with van der Waals surface area (Å²) in [7, 11) is 2.13. The summed E-state index contributed by atoms with van der Waals surface area (Å²) in [5, 5.41) is 2.93. The van der Waals surface area contributed by atoms with E-state index < -0.39 is 0 Å². The van der Waals surface area contributed by atoms with Crippen molar-refractivity contribution in [3.8, 4) is 0 Å². The first kappa shape index (κ1) is 17.4. The number of unbranched alkanes of at least 4 members (excludes halogenated alkanes) is 1. The van der Waals surface area contributed by atoms with Gasteiger partial charge in [-0.2, -0.15) is 0 Å². The van der Waals surface area contributed by atoms with Gasteiger partial charge in [0.1, 0.15) is 0 Å². The van der Waals surface area contributed by atoms with Gasteiger partial charge in [-0.05, 0) is 46.2 Å². The fraction of sp³-hybridized carbons (Fsp3) is 0.929. The van der Waals surface area contributed by atoms with E-state index >= 15 is 0 Å². The molecule has 18 heavy (non-hydrogen) atoms. The van der Waals surface area contributed by atoms with Crippen molar-refractivity contribution in [2.75, 3.05) is 20.1 Å². The molecule has 0 spiro atoms. The summed E-state index contributed by atoms with van der Waals surface area (Å²) in [5.41, 5.74) is 5.85. The highest BCUT2D eigenvalue weighted by molar-refractivity contribution is 5.76. The Hall–Kier alpha value is -0.610. The summed E-state index contributed by atoms with van der Waals surface area (Å²) in [6, 6.07) is 0.556. The van der Waals surface area contributed by atoms with E-state index in [0.29, 0.717) is 18.4 Å². The zero-order valence-corrected chi connectivity index (χ0v) is 12.7. The first-order chi connectivity index (χ1) is 8.34. The molecule has 3 N–H and O–H groups in total. The van der Waals surface area contributed by atoms with E-state index in [1.54, 1.807) is 0 Å². The molecule has 0 fully saturated rings. The van der Waals surface area contributed by atoms with Gasteiger partial charge in [0.15, 0.2) is 0 Å². The Morgan fingerprint density at radius 1 is 1.22 bits per heavy atom. The Bertz CT molecular complexity index is 229. The van der Waals surface area contributed by atoms with Gasteiger partial charge in [0.2, 0.25) is 5.91 Å². The van der Waals surface area contributed by atoms with Crippen LogP contribution in [0.2, 0.25) is 0 Å². The molecule has 0 aliphatic rings. The van der Waals surface area contributed by atoms with Crippen molar-refractivity contribution < 1.29 is 4.79 Å². The maximum absolute atomic E-state index is 11.6. The first-order valence-electron chi connectivity index (χ1n) is 7.07. The molecule has 0 aliphatic carbocycles. The Kier molecular flexibility index (Phi) is 9.02. The van der Waals surface area contributed by atoms with Crippen molar-refractivity contribution in [3.63, 3.8) is 0 Å². The van der Waals surface area contributed by atoms with Crippen LogP contribution in [0.1, 0.15) is 47.0 Å². The smallest absolute Gasteiger partial charge is 0.221 e. The fourth-order valence-corrected chi connectivity index (χ4v) is 1.49. The molecule has 4 heteroatoms. The second kappa shape index (κ2) is 9.34. The number of nitrogens with two attached hydrogens (primary N) is 1. The number of amides is 1. The summed E-state index contributed by atoms with van der Waals surface area (Å²) in [6.07, 6.45) is 2.58. The van der Waals surface area contributed by atoms with Crippen LogP contribution >= 0.6 is 0 Å². The fourth-order valence-electron chi connectivity index (χ4n) is 1.49. The van der Waals surface area contributed by atoms with Gasteiger partial charge in [0.25, 0.3) is 0 Å². The maximum Gasteiger partial charge on any atom is 0.221 e. The summed E-state index contributed by atoms with van der Waals surface area (Å²) in [5.74, 6) is 0.434. The topological polar surface area (TPSA) is 58.4 Å². The molecular weight excluding hydrogens is 226 g/mol. The van der Waals surface area contributed by atoms with E-state index in [-0.39, 0.29) is 11.9 Å². The molecule has 0 aliphatic heterocycles. The van der Waals surface area contributed by atoms with E-state index in [1.807, 2.05) is 13.8 Å². The van der Waals surface area contributed by atoms with Crippen molar-refractivity contribution in [2.24, 2.45) is 11.7 Å². The van der Waals surface area contributed by atoms with Crippen LogP contribution in [0.25, 0.3) is 0 Å². The molecule has 0 aromatic carbocycles. The highest BCUT2D eigenvalue weighted by atomic mass is 16.1. The monoisotopic (exact) mass is 257 g/mol. The normalized spacial score (nSPS) is 13.4. The van der Waals surface area contributed by atoms with Gasteiger partial charge in [0, 0.05) is 25.0 Å². The predicted molar refractivity (Wildman–Crippen MR) is 77.4 cm³/mol. The molecule has 0 radical (unpaired) electrons. The molecule has 1 amide bonds. The standard InChI is InChI=1S/C14H31N3O/c1-11(2)13(15)10-14(18)16-8-6-7-9-17(5)12(3)4/h11-13H,6-10,15H2,1-5H3,(H,16,18). The van der Waals surface area contributed by atoms with Gasteiger partial charge in [-0.1, -0.05) is 13.8 Å². The highest BCUT2D eigenvalue weighted by Gasteiger charge is 2.12. The Balaban J connectivity index is 3.52. The molecule has 4 nitrogen and oxygen atoms in total. The lowest BCUT2D eigenvalue weighted by atomic mass is 10.0. The van der Waals surface area contributed by atoms with Crippen molar-refractivity contribution in [1.82, 2.24) is 10.2 Å². The summed E-state index contributed by atoms with van der Waals surface area (Å²) < 4.78 is 0. The van der Waals surface area contributed by atoms with Gasteiger partial charge in [-0.15, -0.1) is 0 Å². The summed E-state index contributed by atoms with van der Waals surface area (Å²) in [6.45, 7) is 10.3. The summed E-state index contributed by atoms with van der Waals surface area (Å²) in [4.78, 5) is 13.9. The van der Waals surface area contributed by atoms with Crippen LogP contribution in [-0.2, 0) is 4.79 Å². The Morgan fingerprint density at radius 2 is 1.83 bits per heavy atom. The minimum Gasteiger partial charge on any atom is -0.356 e. The van der Waals surface area contributed by atoms with Crippen molar-refractivity contribution in [3.05, 3.63) is 0 Å². The maximum atomic E-state index is 11.6. The van der Waals surface area contributed by atoms with Crippen molar-refractivity contribution in [1.29, 1.82) is 0 Å². The van der Waals surface area contributed by atoms with Crippen LogP contribution in [0, 0.1) is 5.92 Å². The van der Waals surface area contributed by atoms with Crippen LogP contribution in [-0.4, -0.2) is 43.0 Å². The van der Waals surface area contributed by atoms with Crippen LogP contribution < -0.4 is 11.1 Å². The molecule has 0 rings (SSSR count). The minimum atomic E-state index is -0.0305. The molecule has 0 aromatic heterocycles. The third-order valence-corrected chi connectivity index (χ3v) is 3.42. The number of rotatable bonds is 9. The zero-order valence-electron chi connectivity index (χ0n) is 12.7. The van der Waals surface area contributed by atoms with Crippen LogP contribution in [0.15, 0.2) is 0 Å². The Morgan fingerprint density at radius 3 is 2.33 bits per heavy atom. The molecule has 0 saturated heterocycles. The molecule has 0 saturated carbocycles. The lowest BCUT2D eigenvalue weighted by Gasteiger charge is -2.20. The van der Waals surface area contributed by atoms with Crippen molar-refractivity contribution in [2.45, 2.75) is 59.0 Å². The van der Waals surface area contributed by atoms with Crippen LogP contribution in [0.5, 0.6) is 0 Å². The lowest BCUT2D eigenvalue weighted by Crippen LogP contribution is -2.35. The minimum absolute atomic E-state index is 0.0305. The largest absolute Gasteiger partial charge is 0.356 e. The van der Waals surface area contributed by atoms with Gasteiger partial charge in [-0.25, -0.2) is 0 Å². The molecule has 0 heterocycles. The lowest BCUT2D eigenvalue weighted by molar-refractivity contribution is -0.121. The third-order valence-electron chi connectivity index (χ3n) is 3.42. The first-order valence-corrected chi connectivity index (χ1v) is 7.07. The van der Waals surface area contributed by atoms with E-state index in [9.17, 15) is 4.79 Å². The molecule has 1 atom stereocenters.